The van der Waals surface area contributed by atoms with Gasteiger partial charge in [0.05, 0.1) is 52.0 Å². The standard InChI is InChI=1S/2C23H29NO6/c2*1-13(2)17-6-14-7-21(30-12-23(3,4)11-25)20(29-5)8-15(14)18-9-19(26)16(22(27)28)10-24(17)18/h2*7-10,13,17,25H,6,11-12H2,1-5H3,(H,27,28)/t2*17-/m10/s1. The molecule has 0 amide bonds. The second kappa shape index (κ2) is 17.9. The second-order valence-corrected chi connectivity index (χ2v) is 17.9. The molecule has 0 saturated carbocycles. The summed E-state index contributed by atoms with van der Waals surface area (Å²) >= 11 is 0. The van der Waals surface area contributed by atoms with Crippen molar-refractivity contribution in [3.8, 4) is 45.5 Å². The minimum atomic E-state index is -1.23. The van der Waals surface area contributed by atoms with Crippen LogP contribution in [0.4, 0.5) is 0 Å². The van der Waals surface area contributed by atoms with E-state index in [1.54, 1.807) is 14.2 Å². The number of rotatable bonds is 14. The average Bonchev–Trinajstić information content (AvgIpc) is 3.20. The number of aromatic nitrogens is 2. The van der Waals surface area contributed by atoms with Gasteiger partial charge in [-0.05, 0) is 60.1 Å². The molecule has 0 unspecified atom stereocenters. The van der Waals surface area contributed by atoms with Crippen LogP contribution in [0.2, 0.25) is 0 Å². The Morgan fingerprint density at radius 1 is 0.633 bits per heavy atom. The summed E-state index contributed by atoms with van der Waals surface area (Å²) in [7, 11) is 3.10. The van der Waals surface area contributed by atoms with Gasteiger partial charge in [0, 0.05) is 58.6 Å². The quantitative estimate of drug-likeness (QED) is 0.105. The first-order valence-electron chi connectivity index (χ1n) is 20.0. The van der Waals surface area contributed by atoms with Crippen molar-refractivity contribution in [1.82, 2.24) is 9.13 Å². The van der Waals surface area contributed by atoms with Gasteiger partial charge in [0.2, 0.25) is 0 Å². The van der Waals surface area contributed by atoms with Crippen LogP contribution in [-0.4, -0.2) is 82.1 Å². The van der Waals surface area contributed by atoms with E-state index in [4.69, 9.17) is 18.9 Å². The number of carboxylic acid groups (broad SMARTS) is 2. The van der Waals surface area contributed by atoms with Crippen molar-refractivity contribution in [3.05, 3.63) is 91.5 Å². The number of aromatic carboxylic acids is 2. The summed E-state index contributed by atoms with van der Waals surface area (Å²) in [6, 6.07) is 10.3. The van der Waals surface area contributed by atoms with Gasteiger partial charge in [-0.1, -0.05) is 55.4 Å². The van der Waals surface area contributed by atoms with E-state index in [9.17, 15) is 39.6 Å². The molecule has 6 rings (SSSR count). The molecule has 4 N–H and O–H groups in total. The zero-order valence-electron chi connectivity index (χ0n) is 36.1. The number of benzene rings is 2. The summed E-state index contributed by atoms with van der Waals surface area (Å²) in [5.41, 5.74) is 2.72. The maximum Gasteiger partial charge on any atom is 0.341 e. The molecule has 14 heteroatoms. The van der Waals surface area contributed by atoms with E-state index in [2.05, 4.69) is 27.7 Å². The van der Waals surface area contributed by atoms with E-state index in [0.717, 1.165) is 22.3 Å². The molecule has 2 aliphatic rings. The molecule has 4 heterocycles. The lowest BCUT2D eigenvalue weighted by Gasteiger charge is -2.34. The maximum absolute atomic E-state index is 12.4. The number of ether oxygens (including phenoxy) is 4. The summed E-state index contributed by atoms with van der Waals surface area (Å²) in [4.78, 5) is 47.8. The molecule has 0 aliphatic carbocycles. The van der Waals surface area contributed by atoms with Crippen molar-refractivity contribution >= 4 is 11.9 Å². The van der Waals surface area contributed by atoms with Crippen LogP contribution in [0.1, 0.15) is 99.3 Å². The fourth-order valence-corrected chi connectivity index (χ4v) is 7.36. The van der Waals surface area contributed by atoms with Gasteiger partial charge >= 0.3 is 11.9 Å². The van der Waals surface area contributed by atoms with E-state index in [1.807, 2.05) is 61.1 Å². The predicted molar refractivity (Wildman–Crippen MR) is 227 cm³/mol. The first-order chi connectivity index (χ1) is 28.1. The highest BCUT2D eigenvalue weighted by atomic mass is 16.5. The zero-order chi connectivity index (χ0) is 44.4. The molecular formula is C46H58N2O12. The normalized spacial score (nSPS) is 15.5. The van der Waals surface area contributed by atoms with E-state index in [1.165, 1.54) is 24.5 Å². The van der Waals surface area contributed by atoms with Crippen molar-refractivity contribution in [2.75, 3.05) is 40.6 Å². The molecule has 0 fully saturated rings. The van der Waals surface area contributed by atoms with E-state index < -0.39 is 33.6 Å². The van der Waals surface area contributed by atoms with Gasteiger partial charge in [-0.25, -0.2) is 9.59 Å². The highest BCUT2D eigenvalue weighted by molar-refractivity contribution is 5.88. The van der Waals surface area contributed by atoms with Gasteiger partial charge < -0.3 is 48.5 Å². The number of nitrogens with zero attached hydrogens (tertiary/aromatic N) is 2. The van der Waals surface area contributed by atoms with Gasteiger partial charge in [-0.15, -0.1) is 0 Å². The molecular weight excluding hydrogens is 773 g/mol. The van der Waals surface area contributed by atoms with E-state index in [0.29, 0.717) is 60.4 Å². The first-order valence-corrected chi connectivity index (χ1v) is 20.0. The molecule has 2 aliphatic heterocycles. The van der Waals surface area contributed by atoms with Crippen LogP contribution >= 0.6 is 0 Å². The molecule has 14 nitrogen and oxygen atoms in total. The summed E-state index contributed by atoms with van der Waals surface area (Å²) in [5.74, 6) is 0.199. The highest BCUT2D eigenvalue weighted by Crippen LogP contribution is 2.44. The van der Waals surface area contributed by atoms with Crippen molar-refractivity contribution in [1.29, 1.82) is 0 Å². The lowest BCUT2D eigenvalue weighted by molar-refractivity contribution is 0.0683. The lowest BCUT2D eigenvalue weighted by atomic mass is 9.87. The SMILES string of the molecule is COc1cc2c(cc1OCC(C)(C)CO)C[C@@H](C(C)C)n1cc(C(=O)O)c(=O)cc1-2.COc1cc2c(cc1OCC(C)(C)CO)C[C@H](C(C)C)n1cc(C(=O)O)c(=O)cc1-2. The Hall–Kier alpha value is -5.60. The number of aliphatic hydroxyl groups is 2. The minimum Gasteiger partial charge on any atom is -0.493 e. The molecule has 2 atom stereocenters. The molecule has 0 spiro atoms. The number of hydrogen-bond acceptors (Lipinski definition) is 10. The fraction of sp³-hybridized carbons (Fsp3) is 0.478. The van der Waals surface area contributed by atoms with Crippen LogP contribution in [0, 0.1) is 22.7 Å². The summed E-state index contributed by atoms with van der Waals surface area (Å²) < 4.78 is 26.8. The van der Waals surface area contributed by atoms with Crippen LogP contribution in [-0.2, 0) is 12.8 Å². The Morgan fingerprint density at radius 2 is 0.983 bits per heavy atom. The third-order valence-corrected chi connectivity index (χ3v) is 11.2. The number of carbonyl (C=O) groups is 2. The van der Waals surface area contributed by atoms with Crippen molar-refractivity contribution < 1.29 is 49.0 Å². The lowest BCUT2D eigenvalue weighted by Crippen LogP contribution is -2.28. The molecule has 0 radical (unpaired) electrons. The minimum absolute atomic E-state index is 0.00123. The third-order valence-electron chi connectivity index (χ3n) is 11.2. The van der Waals surface area contributed by atoms with Crippen molar-refractivity contribution in [3.63, 3.8) is 0 Å². The van der Waals surface area contributed by atoms with Gasteiger partial charge in [0.1, 0.15) is 11.1 Å². The smallest absolute Gasteiger partial charge is 0.341 e. The molecule has 324 valence electrons. The Bertz CT molecular complexity index is 2210. The molecule has 60 heavy (non-hydrogen) atoms. The van der Waals surface area contributed by atoms with Crippen LogP contribution in [0.25, 0.3) is 22.5 Å². The van der Waals surface area contributed by atoms with E-state index in [-0.39, 0.29) is 48.3 Å². The third kappa shape index (κ3) is 9.55. The summed E-state index contributed by atoms with van der Waals surface area (Å²) in [6.45, 7) is 16.6. The van der Waals surface area contributed by atoms with Gasteiger partial charge in [-0.3, -0.25) is 9.59 Å². The van der Waals surface area contributed by atoms with Gasteiger partial charge in [0.15, 0.2) is 33.9 Å². The largest absolute Gasteiger partial charge is 0.493 e. The second-order valence-electron chi connectivity index (χ2n) is 17.9. The number of pyridine rings is 2. The topological polar surface area (TPSA) is 196 Å². The number of hydrogen-bond donors (Lipinski definition) is 4. The Morgan fingerprint density at radius 3 is 1.27 bits per heavy atom. The number of carboxylic acids is 2. The number of methoxy groups -OCH3 is 2. The summed E-state index contributed by atoms with van der Waals surface area (Å²) in [6.07, 6.45) is 4.25. The summed E-state index contributed by atoms with van der Waals surface area (Å²) in [5, 5.41) is 37.8. The number of fused-ring (bicyclic) bond motifs is 6. The van der Waals surface area contributed by atoms with Crippen molar-refractivity contribution in [2.24, 2.45) is 22.7 Å². The fourth-order valence-electron chi connectivity index (χ4n) is 7.36. The first kappa shape index (κ1) is 45.5. The van der Waals surface area contributed by atoms with Crippen LogP contribution in [0.15, 0.2) is 58.4 Å². The van der Waals surface area contributed by atoms with E-state index >= 15 is 0 Å². The Kier molecular flexibility index (Phi) is 13.6. The Labute approximate surface area is 349 Å². The molecule has 2 aromatic carbocycles. The molecule has 0 bridgehead atoms. The Balaban J connectivity index is 0.000000228. The molecule has 2 aromatic heterocycles. The number of aliphatic hydroxyl groups excluding tert-OH is 2. The molecule has 0 saturated heterocycles. The maximum atomic E-state index is 12.4. The van der Waals surface area contributed by atoms with Crippen LogP contribution < -0.4 is 29.8 Å². The van der Waals surface area contributed by atoms with Gasteiger partial charge in [0.25, 0.3) is 0 Å². The monoisotopic (exact) mass is 830 g/mol. The van der Waals surface area contributed by atoms with Crippen LogP contribution in [0.5, 0.6) is 23.0 Å². The predicted octanol–water partition coefficient (Wildman–Crippen LogP) is 6.75. The van der Waals surface area contributed by atoms with Gasteiger partial charge in [-0.2, -0.15) is 0 Å². The average molecular weight is 831 g/mol. The molecule has 4 aromatic rings. The van der Waals surface area contributed by atoms with Crippen molar-refractivity contribution in [2.45, 2.75) is 80.3 Å². The zero-order valence-corrected chi connectivity index (χ0v) is 36.1. The van der Waals surface area contributed by atoms with Crippen LogP contribution in [0.3, 0.4) is 0 Å². The highest BCUT2D eigenvalue weighted by Gasteiger charge is 2.32.